The van der Waals surface area contributed by atoms with Gasteiger partial charge in [0, 0.05) is 34.9 Å². The SMILES string of the molecule is COc1ccc(-c2sc(C)nc2C(=O)O)cn1.Cc1cccc2c(CCNCC3CC3)c[nH]c12. The van der Waals surface area contributed by atoms with E-state index in [0.29, 0.717) is 15.8 Å². The summed E-state index contributed by atoms with van der Waals surface area (Å²) in [4.78, 5) is 23.1. The first-order valence-electron chi connectivity index (χ1n) is 11.4. The van der Waals surface area contributed by atoms with Gasteiger partial charge < -0.3 is 20.1 Å². The van der Waals surface area contributed by atoms with Gasteiger partial charge in [0.25, 0.3) is 0 Å². The number of methoxy groups -OCH3 is 1. The largest absolute Gasteiger partial charge is 0.481 e. The third-order valence-electron chi connectivity index (χ3n) is 5.85. The molecule has 8 heteroatoms. The van der Waals surface area contributed by atoms with E-state index in [1.165, 1.54) is 59.9 Å². The average Bonchev–Trinajstić information content (AvgIpc) is 3.43. The second-order valence-electron chi connectivity index (χ2n) is 8.51. The molecule has 1 fully saturated rings. The van der Waals surface area contributed by atoms with E-state index < -0.39 is 5.97 Å². The van der Waals surface area contributed by atoms with Crippen molar-refractivity contribution >= 4 is 28.2 Å². The molecule has 34 heavy (non-hydrogen) atoms. The zero-order valence-corrected chi connectivity index (χ0v) is 20.5. The lowest BCUT2D eigenvalue weighted by atomic mass is 10.1. The molecule has 0 bridgehead atoms. The van der Waals surface area contributed by atoms with Crippen molar-refractivity contribution in [1.82, 2.24) is 20.3 Å². The normalized spacial score (nSPS) is 12.9. The highest BCUT2D eigenvalue weighted by atomic mass is 32.1. The van der Waals surface area contributed by atoms with Crippen LogP contribution in [0.2, 0.25) is 0 Å². The van der Waals surface area contributed by atoms with Gasteiger partial charge in [-0.3, -0.25) is 0 Å². The smallest absolute Gasteiger partial charge is 0.356 e. The molecular formula is C26H30N4O3S. The maximum atomic E-state index is 11.0. The number of thiazole rings is 1. The number of carboxylic acid groups (broad SMARTS) is 1. The van der Waals surface area contributed by atoms with Crippen molar-refractivity contribution in [3.8, 4) is 16.3 Å². The number of carboxylic acids is 1. The summed E-state index contributed by atoms with van der Waals surface area (Å²) >= 11 is 1.34. The van der Waals surface area contributed by atoms with E-state index in [-0.39, 0.29) is 5.69 Å². The number of hydrogen-bond acceptors (Lipinski definition) is 6. The van der Waals surface area contributed by atoms with Crippen LogP contribution < -0.4 is 10.1 Å². The minimum absolute atomic E-state index is 0.0690. The molecule has 3 N–H and O–H groups in total. The van der Waals surface area contributed by atoms with Crippen molar-refractivity contribution in [2.24, 2.45) is 5.92 Å². The van der Waals surface area contributed by atoms with E-state index in [0.717, 1.165) is 24.4 Å². The number of ether oxygens (including phenoxy) is 1. The summed E-state index contributed by atoms with van der Waals surface area (Å²) in [6.45, 7) is 6.24. The van der Waals surface area contributed by atoms with E-state index >= 15 is 0 Å². The van der Waals surface area contributed by atoms with Gasteiger partial charge in [0.15, 0.2) is 5.69 Å². The van der Waals surface area contributed by atoms with E-state index in [2.05, 4.69) is 51.6 Å². The minimum atomic E-state index is -1.03. The number of carbonyl (C=O) groups is 1. The quantitative estimate of drug-likeness (QED) is 0.300. The van der Waals surface area contributed by atoms with E-state index in [1.807, 2.05) is 0 Å². The Balaban J connectivity index is 0.000000161. The molecule has 5 rings (SSSR count). The van der Waals surface area contributed by atoms with Gasteiger partial charge in [-0.15, -0.1) is 11.3 Å². The summed E-state index contributed by atoms with van der Waals surface area (Å²) in [7, 11) is 1.53. The number of aromatic nitrogens is 3. The molecule has 7 nitrogen and oxygen atoms in total. The van der Waals surface area contributed by atoms with E-state index in [4.69, 9.17) is 9.84 Å². The number of nitrogens with zero attached hydrogens (tertiary/aromatic N) is 2. The lowest BCUT2D eigenvalue weighted by Gasteiger charge is -2.03. The van der Waals surface area contributed by atoms with Crippen LogP contribution in [0.1, 0.15) is 39.5 Å². The van der Waals surface area contributed by atoms with Crippen molar-refractivity contribution in [1.29, 1.82) is 0 Å². The monoisotopic (exact) mass is 478 g/mol. The summed E-state index contributed by atoms with van der Waals surface area (Å²) in [6.07, 6.45) is 7.73. The molecule has 0 radical (unpaired) electrons. The lowest BCUT2D eigenvalue weighted by Crippen LogP contribution is -2.19. The molecule has 3 aromatic heterocycles. The highest BCUT2D eigenvalue weighted by molar-refractivity contribution is 7.15. The molecule has 1 aliphatic rings. The molecule has 0 aliphatic heterocycles. The summed E-state index contributed by atoms with van der Waals surface area (Å²) < 4.78 is 4.95. The Kier molecular flexibility index (Phi) is 7.59. The fourth-order valence-corrected chi connectivity index (χ4v) is 4.73. The Morgan fingerprint density at radius 1 is 1.26 bits per heavy atom. The first-order chi connectivity index (χ1) is 16.5. The van der Waals surface area contributed by atoms with Gasteiger partial charge in [-0.25, -0.2) is 14.8 Å². The minimum Gasteiger partial charge on any atom is -0.481 e. The summed E-state index contributed by atoms with van der Waals surface area (Å²) in [5.74, 6) is 0.437. The number of pyridine rings is 1. The van der Waals surface area contributed by atoms with Crippen LogP contribution in [0.3, 0.4) is 0 Å². The van der Waals surface area contributed by atoms with Crippen molar-refractivity contribution in [2.75, 3.05) is 20.2 Å². The number of hydrogen-bond donors (Lipinski definition) is 3. The van der Waals surface area contributed by atoms with Crippen LogP contribution in [0.25, 0.3) is 21.3 Å². The van der Waals surface area contributed by atoms with Crippen LogP contribution in [0.5, 0.6) is 5.88 Å². The number of benzene rings is 1. The van der Waals surface area contributed by atoms with Gasteiger partial charge in [-0.1, -0.05) is 18.2 Å². The van der Waals surface area contributed by atoms with Crippen molar-refractivity contribution in [2.45, 2.75) is 33.1 Å². The summed E-state index contributed by atoms with van der Waals surface area (Å²) in [5.41, 5.74) is 4.87. The molecule has 0 saturated heterocycles. The maximum Gasteiger partial charge on any atom is 0.356 e. The Labute approximate surface area is 203 Å². The number of nitrogens with one attached hydrogen (secondary N) is 2. The van der Waals surface area contributed by atoms with Crippen molar-refractivity contribution in [3.05, 3.63) is 64.6 Å². The fourth-order valence-electron chi connectivity index (χ4n) is 3.83. The van der Waals surface area contributed by atoms with Crippen LogP contribution in [0.15, 0.2) is 42.7 Å². The van der Waals surface area contributed by atoms with Crippen molar-refractivity contribution < 1.29 is 14.6 Å². The number of H-pyrrole nitrogens is 1. The van der Waals surface area contributed by atoms with Crippen LogP contribution >= 0.6 is 11.3 Å². The fraction of sp³-hybridized carbons (Fsp3) is 0.346. The van der Waals surface area contributed by atoms with Crippen LogP contribution in [-0.4, -0.2) is 46.2 Å². The molecule has 0 amide bonds. The number of aryl methyl sites for hydroxylation is 2. The van der Waals surface area contributed by atoms with Crippen LogP contribution in [-0.2, 0) is 6.42 Å². The topological polar surface area (TPSA) is 100 Å². The number of para-hydroxylation sites is 1. The molecule has 0 atom stereocenters. The number of aromatic carboxylic acids is 1. The van der Waals surface area contributed by atoms with E-state index in [9.17, 15) is 4.79 Å². The number of aromatic amines is 1. The van der Waals surface area contributed by atoms with Crippen molar-refractivity contribution in [3.63, 3.8) is 0 Å². The average molecular weight is 479 g/mol. The van der Waals surface area contributed by atoms with E-state index in [1.54, 1.807) is 25.3 Å². The first kappa shape index (κ1) is 23.9. The van der Waals surface area contributed by atoms with Gasteiger partial charge in [0.05, 0.1) is 17.0 Å². The van der Waals surface area contributed by atoms with Gasteiger partial charge in [-0.2, -0.15) is 0 Å². The predicted molar refractivity (Wildman–Crippen MR) is 136 cm³/mol. The molecule has 0 spiro atoms. The number of rotatable bonds is 8. The second-order valence-corrected chi connectivity index (χ2v) is 9.72. The number of fused-ring (bicyclic) bond motifs is 1. The summed E-state index contributed by atoms with van der Waals surface area (Å²) in [6, 6.07) is 9.98. The third kappa shape index (κ3) is 5.81. The van der Waals surface area contributed by atoms with Crippen LogP contribution in [0, 0.1) is 19.8 Å². The molecular weight excluding hydrogens is 448 g/mol. The van der Waals surface area contributed by atoms with Gasteiger partial charge in [-0.05, 0) is 69.3 Å². The first-order valence-corrected chi connectivity index (χ1v) is 12.2. The molecule has 1 aliphatic carbocycles. The Bertz CT molecular complexity index is 1260. The molecule has 1 aromatic carbocycles. The lowest BCUT2D eigenvalue weighted by molar-refractivity contribution is 0.0692. The maximum absolute atomic E-state index is 11.0. The Hall–Kier alpha value is -3.23. The Morgan fingerprint density at radius 3 is 2.76 bits per heavy atom. The molecule has 0 unspecified atom stereocenters. The molecule has 178 valence electrons. The highest BCUT2D eigenvalue weighted by Gasteiger charge is 2.20. The zero-order valence-electron chi connectivity index (χ0n) is 19.7. The van der Waals surface area contributed by atoms with Crippen LogP contribution in [0.4, 0.5) is 0 Å². The molecule has 3 heterocycles. The van der Waals surface area contributed by atoms with Gasteiger partial charge >= 0.3 is 5.97 Å². The predicted octanol–water partition coefficient (Wildman–Crippen LogP) is 5.24. The highest BCUT2D eigenvalue weighted by Crippen LogP contribution is 2.30. The third-order valence-corrected chi connectivity index (χ3v) is 6.87. The zero-order chi connectivity index (χ0) is 24.1. The molecule has 4 aromatic rings. The molecule has 1 saturated carbocycles. The second kappa shape index (κ2) is 10.8. The van der Waals surface area contributed by atoms with Gasteiger partial charge in [0.2, 0.25) is 5.88 Å². The van der Waals surface area contributed by atoms with Gasteiger partial charge in [0.1, 0.15) is 0 Å². The standard InChI is InChI=1S/C15H20N2.C11H10N2O3S/c1-11-3-2-4-14-13(10-17-15(11)14)7-8-16-9-12-5-6-12;1-6-13-9(11(14)15)10(17-6)7-3-4-8(16-2)12-5-7/h2-4,10,12,16-17H,5-9H2,1H3;3-5H,1-2H3,(H,14,15). The summed E-state index contributed by atoms with van der Waals surface area (Å²) in [5, 5.41) is 14.7. The Morgan fingerprint density at radius 2 is 2.09 bits per heavy atom.